The van der Waals surface area contributed by atoms with Gasteiger partial charge in [-0.2, -0.15) is 0 Å². The molecule has 0 amide bonds. The molecular weight excluding hydrogens is 508 g/mol. The number of likely N-dealkylation sites (tertiary alicyclic amines) is 1. The molecule has 5 aromatic rings. The summed E-state index contributed by atoms with van der Waals surface area (Å²) in [5.41, 5.74) is 4.54. The number of hydrogen-bond donors (Lipinski definition) is 2. The summed E-state index contributed by atoms with van der Waals surface area (Å²) in [7, 11) is 1.64. The summed E-state index contributed by atoms with van der Waals surface area (Å²) in [5, 5.41) is 25.4. The zero-order valence-electron chi connectivity index (χ0n) is 23.6. The summed E-state index contributed by atoms with van der Waals surface area (Å²) < 4.78 is 5.88. The van der Waals surface area contributed by atoms with Crippen LogP contribution in [0.3, 0.4) is 0 Å². The molecule has 41 heavy (non-hydrogen) atoms. The molecule has 2 N–H and O–H groups in total. The van der Waals surface area contributed by atoms with Crippen LogP contribution in [0.2, 0.25) is 0 Å². The summed E-state index contributed by atoms with van der Waals surface area (Å²) in [5.74, 6) is 0.0138. The average Bonchev–Trinajstić information content (AvgIpc) is 3.00. The van der Waals surface area contributed by atoms with Crippen molar-refractivity contribution in [1.29, 1.82) is 0 Å². The van der Waals surface area contributed by atoms with E-state index in [1.165, 1.54) is 5.56 Å². The molecule has 2 heterocycles. The first kappa shape index (κ1) is 27.2. The van der Waals surface area contributed by atoms with Gasteiger partial charge in [-0.3, -0.25) is 4.90 Å². The van der Waals surface area contributed by atoms with Crippen molar-refractivity contribution in [3.05, 3.63) is 132 Å². The van der Waals surface area contributed by atoms with Gasteiger partial charge in [-0.25, -0.2) is 4.98 Å². The van der Waals surface area contributed by atoms with Crippen LogP contribution in [0.15, 0.2) is 109 Å². The zero-order valence-corrected chi connectivity index (χ0v) is 23.6. The number of pyridine rings is 1. The Morgan fingerprint density at radius 2 is 1.54 bits per heavy atom. The van der Waals surface area contributed by atoms with Crippen molar-refractivity contribution in [1.82, 2.24) is 9.88 Å². The molecule has 4 aromatic carbocycles. The fraction of sp³-hybridized carbons (Fsp3) is 0.250. The maximum absolute atomic E-state index is 13.3. The lowest BCUT2D eigenvalue weighted by molar-refractivity contribution is -0.0352. The summed E-state index contributed by atoms with van der Waals surface area (Å²) in [4.78, 5) is 6.96. The molecule has 5 heteroatoms. The molecule has 1 fully saturated rings. The van der Waals surface area contributed by atoms with E-state index < -0.39 is 11.5 Å². The van der Waals surface area contributed by atoms with Gasteiger partial charge in [0.1, 0.15) is 5.60 Å². The molecule has 1 aliphatic rings. The average molecular weight is 545 g/mol. The van der Waals surface area contributed by atoms with Crippen molar-refractivity contribution < 1.29 is 14.9 Å². The zero-order chi connectivity index (χ0) is 28.4. The Bertz CT molecular complexity index is 1630. The Balaban J connectivity index is 1.60. The predicted octanol–water partition coefficient (Wildman–Crippen LogP) is 6.31. The number of hydrogen-bond acceptors (Lipinski definition) is 5. The second-order valence-electron chi connectivity index (χ2n) is 11.1. The number of ether oxygens (including phenoxy) is 1. The smallest absolute Gasteiger partial charge is 0.217 e. The maximum Gasteiger partial charge on any atom is 0.217 e. The minimum absolute atomic E-state index is 0.305. The maximum atomic E-state index is 13.3. The third-order valence-corrected chi connectivity index (χ3v) is 8.46. The summed E-state index contributed by atoms with van der Waals surface area (Å²) in [6.45, 7) is 4.00. The van der Waals surface area contributed by atoms with Crippen LogP contribution in [-0.4, -0.2) is 52.9 Å². The van der Waals surface area contributed by atoms with Crippen molar-refractivity contribution in [2.24, 2.45) is 0 Å². The van der Waals surface area contributed by atoms with Gasteiger partial charge in [0.05, 0.1) is 13.2 Å². The topological polar surface area (TPSA) is 65.8 Å². The lowest BCUT2D eigenvalue weighted by Gasteiger charge is -2.42. The largest absolute Gasteiger partial charge is 0.481 e. The molecule has 208 valence electrons. The van der Waals surface area contributed by atoms with E-state index in [4.69, 9.17) is 9.72 Å². The van der Waals surface area contributed by atoms with E-state index in [2.05, 4.69) is 66.4 Å². The van der Waals surface area contributed by atoms with Crippen LogP contribution in [0.25, 0.3) is 21.9 Å². The van der Waals surface area contributed by atoms with Gasteiger partial charge in [0, 0.05) is 42.9 Å². The van der Waals surface area contributed by atoms with Crippen molar-refractivity contribution in [3.8, 4) is 17.0 Å². The SMILES string of the molecule is COc1ncc(-c2ccccc2)cc1C(c1ccccc1)C(O)(CCN1CC(O)C1)c1ccc(C)c2ccccc12. The first-order chi connectivity index (χ1) is 20.0. The van der Waals surface area contributed by atoms with E-state index in [0.717, 1.165) is 38.6 Å². The van der Waals surface area contributed by atoms with Gasteiger partial charge in [-0.1, -0.05) is 97.1 Å². The molecule has 5 nitrogen and oxygen atoms in total. The second kappa shape index (κ2) is 11.5. The molecule has 1 aromatic heterocycles. The molecular formula is C36H36N2O3. The third-order valence-electron chi connectivity index (χ3n) is 8.46. The monoisotopic (exact) mass is 544 g/mol. The first-order valence-electron chi connectivity index (χ1n) is 14.2. The van der Waals surface area contributed by atoms with Gasteiger partial charge < -0.3 is 14.9 Å². The van der Waals surface area contributed by atoms with Crippen LogP contribution in [-0.2, 0) is 5.60 Å². The summed E-state index contributed by atoms with van der Waals surface area (Å²) in [6, 6.07) is 35.0. The number of nitrogens with zero attached hydrogens (tertiary/aromatic N) is 2. The van der Waals surface area contributed by atoms with Gasteiger partial charge in [-0.05, 0) is 52.4 Å². The van der Waals surface area contributed by atoms with Crippen LogP contribution >= 0.6 is 0 Å². The van der Waals surface area contributed by atoms with E-state index in [1.54, 1.807) is 7.11 Å². The first-order valence-corrected chi connectivity index (χ1v) is 14.2. The Kier molecular flexibility index (Phi) is 7.59. The van der Waals surface area contributed by atoms with Crippen LogP contribution in [0.5, 0.6) is 5.88 Å². The van der Waals surface area contributed by atoms with Crippen molar-refractivity contribution in [2.45, 2.75) is 31.0 Å². The van der Waals surface area contributed by atoms with Crippen LogP contribution in [0.1, 0.15) is 34.6 Å². The minimum atomic E-state index is -1.32. The number of methoxy groups -OCH3 is 1. The van der Waals surface area contributed by atoms with Crippen molar-refractivity contribution >= 4 is 10.8 Å². The Morgan fingerprint density at radius 1 is 0.878 bits per heavy atom. The minimum Gasteiger partial charge on any atom is -0.481 e. The highest BCUT2D eigenvalue weighted by Crippen LogP contribution is 2.49. The molecule has 1 aliphatic heterocycles. The Labute approximate surface area is 241 Å². The molecule has 0 saturated carbocycles. The molecule has 1 saturated heterocycles. The van der Waals surface area contributed by atoms with Crippen LogP contribution in [0, 0.1) is 6.92 Å². The van der Waals surface area contributed by atoms with Crippen LogP contribution < -0.4 is 4.74 Å². The number of aliphatic hydroxyl groups is 2. The fourth-order valence-electron chi connectivity index (χ4n) is 6.31. The summed E-state index contributed by atoms with van der Waals surface area (Å²) >= 11 is 0. The lowest BCUT2D eigenvalue weighted by Crippen LogP contribution is -2.52. The predicted molar refractivity (Wildman–Crippen MR) is 164 cm³/mol. The van der Waals surface area contributed by atoms with Crippen molar-refractivity contribution in [3.63, 3.8) is 0 Å². The van der Waals surface area contributed by atoms with Gasteiger partial charge in [0.25, 0.3) is 0 Å². The number of aryl methyl sites for hydroxylation is 1. The van der Waals surface area contributed by atoms with Gasteiger partial charge >= 0.3 is 0 Å². The molecule has 0 spiro atoms. The lowest BCUT2D eigenvalue weighted by atomic mass is 9.70. The molecule has 0 bridgehead atoms. The number of fused-ring (bicyclic) bond motifs is 1. The molecule has 2 unspecified atom stereocenters. The Morgan fingerprint density at radius 3 is 2.22 bits per heavy atom. The Hall–Kier alpha value is -4.03. The van der Waals surface area contributed by atoms with Crippen LogP contribution in [0.4, 0.5) is 0 Å². The van der Waals surface area contributed by atoms with E-state index >= 15 is 0 Å². The van der Waals surface area contributed by atoms with Gasteiger partial charge in [0.2, 0.25) is 5.88 Å². The molecule has 6 rings (SSSR count). The molecule has 0 aliphatic carbocycles. The fourth-order valence-corrected chi connectivity index (χ4v) is 6.31. The summed E-state index contributed by atoms with van der Waals surface area (Å²) in [6.07, 6.45) is 1.99. The number of aromatic nitrogens is 1. The van der Waals surface area contributed by atoms with E-state index in [0.29, 0.717) is 31.9 Å². The highest BCUT2D eigenvalue weighted by Gasteiger charge is 2.44. The van der Waals surface area contributed by atoms with E-state index in [9.17, 15) is 10.2 Å². The highest BCUT2D eigenvalue weighted by molar-refractivity contribution is 5.89. The number of aliphatic hydroxyl groups excluding tert-OH is 1. The standard InChI is InChI=1S/C36H36N2O3/c1-25-17-18-33(31-16-10-9-15-30(25)31)36(40,19-20-38-23-29(39)24-38)34(27-13-7-4-8-14-27)32-21-28(22-37-35(32)41-2)26-11-5-3-6-12-26/h3-18,21-22,29,34,39-40H,19-20,23-24H2,1-2H3. The van der Waals surface area contributed by atoms with Crippen molar-refractivity contribution in [2.75, 3.05) is 26.7 Å². The molecule has 0 radical (unpaired) electrons. The third kappa shape index (κ3) is 5.24. The van der Waals surface area contributed by atoms with E-state index in [-0.39, 0.29) is 6.10 Å². The van der Waals surface area contributed by atoms with E-state index in [1.807, 2.05) is 54.7 Å². The quantitative estimate of drug-likeness (QED) is 0.228. The molecule has 2 atom stereocenters. The highest BCUT2D eigenvalue weighted by atomic mass is 16.5. The number of benzene rings is 4. The van der Waals surface area contributed by atoms with Gasteiger partial charge in [-0.15, -0.1) is 0 Å². The normalized spacial score (nSPS) is 16.2. The number of β-amino-alcohol motifs (C(OH)–C–C–N with tert-alkyl or cyclic N) is 1. The number of rotatable bonds is 9. The van der Waals surface area contributed by atoms with Gasteiger partial charge in [0.15, 0.2) is 0 Å². The second-order valence-corrected chi connectivity index (χ2v) is 11.1.